The van der Waals surface area contributed by atoms with Crippen molar-refractivity contribution in [1.82, 2.24) is 10.3 Å². The number of nitrogens with one attached hydrogen (secondary N) is 1. The maximum atomic E-state index is 5.64. The second-order valence-corrected chi connectivity index (χ2v) is 4.47. The fourth-order valence-corrected chi connectivity index (χ4v) is 2.27. The molecule has 2 heterocycles. The van der Waals surface area contributed by atoms with E-state index in [0.29, 0.717) is 6.04 Å². The Balaban J connectivity index is 1.56. The summed E-state index contributed by atoms with van der Waals surface area (Å²) in [5.74, 6) is 1.01. The van der Waals surface area contributed by atoms with Crippen LogP contribution in [0, 0.1) is 0 Å². The molecule has 0 aliphatic carbocycles. The average molecular weight is 240 g/mol. The lowest BCUT2D eigenvalue weighted by molar-refractivity contribution is 0.312. The van der Waals surface area contributed by atoms with Crippen LogP contribution in [0.25, 0.3) is 0 Å². The predicted molar refractivity (Wildman–Crippen MR) is 70.6 cm³/mol. The van der Waals surface area contributed by atoms with Crippen molar-refractivity contribution in [3.05, 3.63) is 59.9 Å². The number of hydrogen-bond acceptors (Lipinski definition) is 3. The van der Waals surface area contributed by atoms with Crippen molar-refractivity contribution in [2.45, 2.75) is 12.5 Å². The number of rotatable bonds is 4. The van der Waals surface area contributed by atoms with Crippen molar-refractivity contribution in [2.75, 3.05) is 13.2 Å². The SMILES string of the molecule is c1cncc(CCNC2COc3ccccc32)c1. The van der Waals surface area contributed by atoms with Gasteiger partial charge in [0.15, 0.2) is 0 Å². The summed E-state index contributed by atoms with van der Waals surface area (Å²) < 4.78 is 5.64. The van der Waals surface area contributed by atoms with Gasteiger partial charge in [-0.3, -0.25) is 4.98 Å². The minimum absolute atomic E-state index is 0.317. The third-order valence-corrected chi connectivity index (χ3v) is 3.23. The fraction of sp³-hybridized carbons (Fsp3) is 0.267. The standard InChI is InChI=1S/C15H16N2O/c1-2-6-15-13(5-1)14(11-18-15)17-9-7-12-4-3-8-16-10-12/h1-6,8,10,14,17H,7,9,11H2. The number of benzene rings is 1. The molecule has 1 unspecified atom stereocenters. The molecule has 18 heavy (non-hydrogen) atoms. The van der Waals surface area contributed by atoms with E-state index in [0.717, 1.165) is 25.3 Å². The monoisotopic (exact) mass is 240 g/mol. The summed E-state index contributed by atoms with van der Waals surface area (Å²) in [6.07, 6.45) is 4.71. The summed E-state index contributed by atoms with van der Waals surface area (Å²) in [5.41, 5.74) is 2.53. The molecule has 2 aromatic rings. The molecule has 0 saturated carbocycles. The van der Waals surface area contributed by atoms with Gasteiger partial charge >= 0.3 is 0 Å². The van der Waals surface area contributed by atoms with Gasteiger partial charge in [0.1, 0.15) is 12.4 Å². The molecule has 1 aliphatic heterocycles. The van der Waals surface area contributed by atoms with Crippen LogP contribution in [0.2, 0.25) is 0 Å². The Morgan fingerprint density at radius 2 is 2.17 bits per heavy atom. The van der Waals surface area contributed by atoms with Gasteiger partial charge in [-0.1, -0.05) is 24.3 Å². The maximum absolute atomic E-state index is 5.64. The highest BCUT2D eigenvalue weighted by Crippen LogP contribution is 2.31. The van der Waals surface area contributed by atoms with Crippen molar-refractivity contribution in [2.24, 2.45) is 0 Å². The third-order valence-electron chi connectivity index (χ3n) is 3.23. The molecular formula is C15H16N2O. The first-order chi connectivity index (χ1) is 8.93. The molecule has 1 aromatic heterocycles. The molecule has 0 radical (unpaired) electrons. The van der Waals surface area contributed by atoms with Gasteiger partial charge in [0, 0.05) is 18.0 Å². The molecule has 3 nitrogen and oxygen atoms in total. The third kappa shape index (κ3) is 2.36. The number of hydrogen-bond donors (Lipinski definition) is 1. The molecule has 92 valence electrons. The Hall–Kier alpha value is -1.87. The minimum Gasteiger partial charge on any atom is -0.491 e. The molecule has 0 saturated heterocycles. The van der Waals surface area contributed by atoms with Gasteiger partial charge in [-0.2, -0.15) is 0 Å². The molecule has 1 aromatic carbocycles. The van der Waals surface area contributed by atoms with E-state index >= 15 is 0 Å². The van der Waals surface area contributed by atoms with Crippen molar-refractivity contribution in [1.29, 1.82) is 0 Å². The van der Waals surface area contributed by atoms with Gasteiger partial charge in [0.25, 0.3) is 0 Å². The van der Waals surface area contributed by atoms with Gasteiger partial charge in [0.05, 0.1) is 6.04 Å². The smallest absolute Gasteiger partial charge is 0.124 e. The molecule has 0 fully saturated rings. The van der Waals surface area contributed by atoms with Crippen LogP contribution in [0.5, 0.6) is 5.75 Å². The quantitative estimate of drug-likeness (QED) is 0.890. The van der Waals surface area contributed by atoms with E-state index in [9.17, 15) is 0 Å². The molecule has 1 N–H and O–H groups in total. The lowest BCUT2D eigenvalue weighted by Crippen LogP contribution is -2.24. The molecule has 0 amide bonds. The molecule has 1 aliphatic rings. The highest BCUT2D eigenvalue weighted by atomic mass is 16.5. The highest BCUT2D eigenvalue weighted by molar-refractivity contribution is 5.39. The number of pyridine rings is 1. The Morgan fingerprint density at radius 1 is 1.22 bits per heavy atom. The normalized spacial score (nSPS) is 17.2. The Bertz CT molecular complexity index is 513. The number of aromatic nitrogens is 1. The second kappa shape index (κ2) is 5.19. The van der Waals surface area contributed by atoms with E-state index < -0.39 is 0 Å². The first-order valence-electron chi connectivity index (χ1n) is 6.27. The molecule has 0 bridgehead atoms. The van der Waals surface area contributed by atoms with Crippen molar-refractivity contribution < 1.29 is 4.74 Å². The number of fused-ring (bicyclic) bond motifs is 1. The summed E-state index contributed by atoms with van der Waals surface area (Å²) in [6, 6.07) is 12.6. The first kappa shape index (κ1) is 11.2. The van der Waals surface area contributed by atoms with Gasteiger partial charge in [0.2, 0.25) is 0 Å². The van der Waals surface area contributed by atoms with Crippen LogP contribution in [-0.2, 0) is 6.42 Å². The van der Waals surface area contributed by atoms with E-state index in [2.05, 4.69) is 28.5 Å². The lowest BCUT2D eigenvalue weighted by atomic mass is 10.1. The van der Waals surface area contributed by atoms with Crippen LogP contribution in [0.15, 0.2) is 48.8 Å². The van der Waals surface area contributed by atoms with Crippen LogP contribution in [0.3, 0.4) is 0 Å². The summed E-state index contributed by atoms with van der Waals surface area (Å²) in [5, 5.41) is 3.53. The van der Waals surface area contributed by atoms with Gasteiger partial charge in [-0.15, -0.1) is 0 Å². The average Bonchev–Trinajstić information content (AvgIpc) is 2.84. The van der Waals surface area contributed by atoms with Gasteiger partial charge in [-0.25, -0.2) is 0 Å². The second-order valence-electron chi connectivity index (χ2n) is 4.47. The van der Waals surface area contributed by atoms with E-state index in [1.54, 1.807) is 6.20 Å². The molecular weight excluding hydrogens is 224 g/mol. The fourth-order valence-electron chi connectivity index (χ4n) is 2.27. The minimum atomic E-state index is 0.317. The Labute approximate surface area is 107 Å². The molecule has 3 heteroatoms. The Kier molecular flexibility index (Phi) is 3.24. The zero-order valence-electron chi connectivity index (χ0n) is 10.2. The largest absolute Gasteiger partial charge is 0.491 e. The Morgan fingerprint density at radius 3 is 3.06 bits per heavy atom. The van der Waals surface area contributed by atoms with E-state index in [1.807, 2.05) is 24.4 Å². The van der Waals surface area contributed by atoms with E-state index in [1.165, 1.54) is 11.1 Å². The maximum Gasteiger partial charge on any atom is 0.124 e. The summed E-state index contributed by atoms with van der Waals surface area (Å²) in [7, 11) is 0. The zero-order valence-corrected chi connectivity index (χ0v) is 10.2. The molecule has 1 atom stereocenters. The van der Waals surface area contributed by atoms with Crippen LogP contribution in [0.1, 0.15) is 17.2 Å². The van der Waals surface area contributed by atoms with Gasteiger partial charge < -0.3 is 10.1 Å². The summed E-state index contributed by atoms with van der Waals surface area (Å²) >= 11 is 0. The lowest BCUT2D eigenvalue weighted by Gasteiger charge is -2.11. The van der Waals surface area contributed by atoms with E-state index in [4.69, 9.17) is 4.74 Å². The topological polar surface area (TPSA) is 34.2 Å². The molecule has 3 rings (SSSR count). The molecule has 0 spiro atoms. The first-order valence-corrected chi connectivity index (χ1v) is 6.27. The van der Waals surface area contributed by atoms with Crippen LogP contribution >= 0.6 is 0 Å². The van der Waals surface area contributed by atoms with Crippen LogP contribution < -0.4 is 10.1 Å². The zero-order chi connectivity index (χ0) is 12.2. The summed E-state index contributed by atoms with van der Waals surface area (Å²) in [4.78, 5) is 4.12. The van der Waals surface area contributed by atoms with E-state index in [-0.39, 0.29) is 0 Å². The number of para-hydroxylation sites is 1. The van der Waals surface area contributed by atoms with Crippen LogP contribution in [-0.4, -0.2) is 18.1 Å². The van der Waals surface area contributed by atoms with Crippen molar-refractivity contribution in [3.8, 4) is 5.75 Å². The van der Waals surface area contributed by atoms with Crippen molar-refractivity contribution in [3.63, 3.8) is 0 Å². The number of ether oxygens (including phenoxy) is 1. The highest BCUT2D eigenvalue weighted by Gasteiger charge is 2.22. The summed E-state index contributed by atoms with van der Waals surface area (Å²) in [6.45, 7) is 1.67. The van der Waals surface area contributed by atoms with Gasteiger partial charge in [-0.05, 0) is 30.7 Å². The van der Waals surface area contributed by atoms with Crippen molar-refractivity contribution >= 4 is 0 Å². The van der Waals surface area contributed by atoms with Crippen LogP contribution in [0.4, 0.5) is 0 Å². The number of nitrogens with zero attached hydrogens (tertiary/aromatic N) is 1. The predicted octanol–water partition coefficient (Wildman–Crippen LogP) is 2.35.